The molecule has 0 spiro atoms. The first-order valence-electron chi connectivity index (χ1n) is 5.88. The molecule has 0 aliphatic rings. The third kappa shape index (κ3) is 4.93. The Morgan fingerprint density at radius 1 is 1.30 bits per heavy atom. The van der Waals surface area contributed by atoms with Crippen LogP contribution in [-0.4, -0.2) is 65.5 Å². The van der Waals surface area contributed by atoms with Crippen LogP contribution in [0.25, 0.3) is 0 Å². The summed E-state index contributed by atoms with van der Waals surface area (Å²) >= 11 is 6.76. The van der Waals surface area contributed by atoms with Gasteiger partial charge in [0.2, 0.25) is 10.0 Å². The number of hydrogen-bond donors (Lipinski definition) is 1. The number of hydrogen-bond acceptors (Lipinski definition) is 4. The molecule has 1 aromatic heterocycles. The van der Waals surface area contributed by atoms with Crippen LogP contribution in [0.2, 0.25) is 4.34 Å². The second kappa shape index (κ2) is 7.26. The van der Waals surface area contributed by atoms with Gasteiger partial charge in [0.25, 0.3) is 0 Å². The predicted octanol–water partition coefficient (Wildman–Crippen LogP) is 1.16. The van der Waals surface area contributed by atoms with Crippen LogP contribution >= 0.6 is 22.9 Å². The quantitative estimate of drug-likeness (QED) is 0.497. The summed E-state index contributed by atoms with van der Waals surface area (Å²) < 4.78 is 27.0. The molecule has 20 heavy (non-hydrogen) atoms. The minimum atomic E-state index is -3.49. The fraction of sp³-hybridized carbons (Fsp3) is 0.545. The van der Waals surface area contributed by atoms with E-state index in [1.807, 2.05) is 38.0 Å². The van der Waals surface area contributed by atoms with Crippen molar-refractivity contribution in [2.45, 2.75) is 4.21 Å². The van der Waals surface area contributed by atoms with Gasteiger partial charge in [-0.3, -0.25) is 4.99 Å². The molecule has 0 aliphatic carbocycles. The summed E-state index contributed by atoms with van der Waals surface area (Å²) in [4.78, 5) is 8.08. The van der Waals surface area contributed by atoms with Gasteiger partial charge in [0, 0.05) is 34.7 Å². The minimum absolute atomic E-state index is 0.215. The van der Waals surface area contributed by atoms with Crippen molar-refractivity contribution in [3.63, 3.8) is 0 Å². The third-order valence-electron chi connectivity index (χ3n) is 2.27. The van der Waals surface area contributed by atoms with Crippen molar-refractivity contribution in [3.8, 4) is 0 Å². The summed E-state index contributed by atoms with van der Waals surface area (Å²) in [6, 6.07) is 3.05. The lowest BCUT2D eigenvalue weighted by Gasteiger charge is -2.22. The average molecular weight is 339 g/mol. The number of sulfonamides is 1. The Hall–Kier alpha value is -0.830. The Balaban J connectivity index is 2.58. The molecule has 0 saturated carbocycles. The summed E-state index contributed by atoms with van der Waals surface area (Å²) in [6.45, 7) is 0.604. The highest BCUT2D eigenvalue weighted by molar-refractivity contribution is 7.91. The predicted molar refractivity (Wildman–Crippen MR) is 84.2 cm³/mol. The molecule has 0 saturated heterocycles. The highest BCUT2D eigenvalue weighted by atomic mass is 35.5. The molecule has 0 aromatic carbocycles. The first-order valence-corrected chi connectivity index (χ1v) is 8.56. The molecule has 1 heterocycles. The molecule has 1 N–H and O–H groups in total. The molecule has 0 aliphatic heterocycles. The normalized spacial score (nSPS) is 11.2. The number of thiophene rings is 1. The number of nitrogens with one attached hydrogen (secondary N) is 1. The van der Waals surface area contributed by atoms with Gasteiger partial charge < -0.3 is 9.80 Å². The number of rotatable bonds is 5. The molecular formula is C11H19ClN4O2S2. The number of halogens is 1. The van der Waals surface area contributed by atoms with E-state index in [-0.39, 0.29) is 10.8 Å². The summed E-state index contributed by atoms with van der Waals surface area (Å²) in [5.41, 5.74) is 0. The van der Waals surface area contributed by atoms with E-state index in [2.05, 4.69) is 9.71 Å². The maximum atomic E-state index is 11.9. The van der Waals surface area contributed by atoms with Crippen LogP contribution in [0.5, 0.6) is 0 Å². The number of nitrogens with zero attached hydrogens (tertiary/aromatic N) is 3. The zero-order chi connectivity index (χ0) is 15.3. The molecule has 0 radical (unpaired) electrons. The van der Waals surface area contributed by atoms with Crippen molar-refractivity contribution < 1.29 is 8.42 Å². The minimum Gasteiger partial charge on any atom is -0.349 e. The Labute approximate surface area is 129 Å². The third-order valence-corrected chi connectivity index (χ3v) is 5.45. The largest absolute Gasteiger partial charge is 0.349 e. The van der Waals surface area contributed by atoms with Crippen LogP contribution in [0.15, 0.2) is 21.3 Å². The van der Waals surface area contributed by atoms with E-state index in [0.717, 1.165) is 17.3 Å². The molecule has 0 amide bonds. The maximum absolute atomic E-state index is 11.9. The van der Waals surface area contributed by atoms with E-state index in [0.29, 0.717) is 10.9 Å². The van der Waals surface area contributed by atoms with E-state index in [9.17, 15) is 8.42 Å². The van der Waals surface area contributed by atoms with Gasteiger partial charge in [0.05, 0.1) is 10.9 Å². The van der Waals surface area contributed by atoms with Crippen LogP contribution in [0, 0.1) is 0 Å². The fourth-order valence-corrected chi connectivity index (χ4v) is 4.08. The van der Waals surface area contributed by atoms with Crippen molar-refractivity contribution in [2.24, 2.45) is 4.99 Å². The van der Waals surface area contributed by atoms with E-state index < -0.39 is 10.0 Å². The Kier molecular flexibility index (Phi) is 6.25. The van der Waals surface area contributed by atoms with Crippen LogP contribution in [0.1, 0.15) is 0 Å². The molecule has 6 nitrogen and oxygen atoms in total. The van der Waals surface area contributed by atoms with Crippen LogP contribution < -0.4 is 4.72 Å². The molecule has 0 unspecified atom stereocenters. The van der Waals surface area contributed by atoms with Gasteiger partial charge in [0.15, 0.2) is 5.96 Å². The molecule has 1 rings (SSSR count). The molecule has 0 bridgehead atoms. The molecule has 9 heteroatoms. The lowest BCUT2D eigenvalue weighted by Crippen LogP contribution is -2.36. The molecule has 0 atom stereocenters. The average Bonchev–Trinajstić information content (AvgIpc) is 2.75. The van der Waals surface area contributed by atoms with Crippen LogP contribution in [-0.2, 0) is 10.0 Å². The van der Waals surface area contributed by atoms with Gasteiger partial charge in [-0.05, 0) is 12.1 Å². The standard InChI is InChI=1S/C11H19ClN4O2S2/c1-15(2)11(16(3)4)13-7-8-14-20(17,18)10-6-5-9(12)19-10/h5-6,14H,7-8H2,1-4H3. The summed E-state index contributed by atoms with van der Waals surface area (Å²) in [5.74, 6) is 0.781. The van der Waals surface area contributed by atoms with E-state index in [1.165, 1.54) is 6.07 Å². The van der Waals surface area contributed by atoms with Crippen molar-refractivity contribution in [1.82, 2.24) is 14.5 Å². The zero-order valence-corrected chi connectivity index (χ0v) is 14.3. The van der Waals surface area contributed by atoms with E-state index in [4.69, 9.17) is 11.6 Å². The summed E-state index contributed by atoms with van der Waals surface area (Å²) in [7, 11) is 4.05. The summed E-state index contributed by atoms with van der Waals surface area (Å²) in [5, 5.41) is 0. The molecule has 114 valence electrons. The maximum Gasteiger partial charge on any atom is 0.250 e. The van der Waals surface area contributed by atoms with Gasteiger partial charge >= 0.3 is 0 Å². The zero-order valence-electron chi connectivity index (χ0n) is 11.9. The fourth-order valence-electron chi connectivity index (χ4n) is 1.53. The second-order valence-electron chi connectivity index (χ2n) is 4.43. The van der Waals surface area contributed by atoms with Crippen molar-refractivity contribution in [3.05, 3.63) is 16.5 Å². The van der Waals surface area contributed by atoms with Gasteiger partial charge in [-0.25, -0.2) is 13.1 Å². The Morgan fingerprint density at radius 3 is 2.35 bits per heavy atom. The van der Waals surface area contributed by atoms with Gasteiger partial charge in [-0.2, -0.15) is 0 Å². The SMILES string of the molecule is CN(C)C(=NCCNS(=O)(=O)c1ccc(Cl)s1)N(C)C. The number of guanidine groups is 1. The van der Waals surface area contributed by atoms with E-state index >= 15 is 0 Å². The number of aliphatic imine (C=N–C) groups is 1. The van der Waals surface area contributed by atoms with Crippen LogP contribution in [0.3, 0.4) is 0 Å². The smallest absolute Gasteiger partial charge is 0.250 e. The van der Waals surface area contributed by atoms with Crippen LogP contribution in [0.4, 0.5) is 0 Å². The first-order chi connectivity index (χ1) is 9.24. The lowest BCUT2D eigenvalue weighted by atomic mass is 10.6. The van der Waals surface area contributed by atoms with Crippen molar-refractivity contribution >= 4 is 38.9 Å². The molecular weight excluding hydrogens is 320 g/mol. The highest BCUT2D eigenvalue weighted by Crippen LogP contribution is 2.25. The topological polar surface area (TPSA) is 65.0 Å². The van der Waals surface area contributed by atoms with Gasteiger partial charge in [-0.1, -0.05) is 11.6 Å². The molecule has 0 fully saturated rings. The van der Waals surface area contributed by atoms with Gasteiger partial charge in [-0.15, -0.1) is 11.3 Å². The van der Waals surface area contributed by atoms with Crippen molar-refractivity contribution in [2.75, 3.05) is 41.3 Å². The lowest BCUT2D eigenvalue weighted by molar-refractivity contribution is 0.479. The van der Waals surface area contributed by atoms with Gasteiger partial charge in [0.1, 0.15) is 4.21 Å². The van der Waals surface area contributed by atoms with E-state index in [1.54, 1.807) is 6.07 Å². The van der Waals surface area contributed by atoms with Crippen molar-refractivity contribution in [1.29, 1.82) is 0 Å². The highest BCUT2D eigenvalue weighted by Gasteiger charge is 2.15. The second-order valence-corrected chi connectivity index (χ2v) is 8.14. The first kappa shape index (κ1) is 17.2. The Bertz CT molecular complexity index is 557. The summed E-state index contributed by atoms with van der Waals surface area (Å²) in [6.07, 6.45) is 0. The Morgan fingerprint density at radius 2 is 1.90 bits per heavy atom. The molecule has 1 aromatic rings. The monoisotopic (exact) mass is 338 g/mol.